The molecule has 0 aliphatic carbocycles. The van der Waals surface area contributed by atoms with Gasteiger partial charge >= 0.3 is 0 Å². The Morgan fingerprint density at radius 2 is 2.00 bits per heavy atom. The lowest BCUT2D eigenvalue weighted by Crippen LogP contribution is -1.78. The van der Waals surface area contributed by atoms with E-state index in [0.29, 0.717) is 0 Å². The molecule has 0 aliphatic heterocycles. The number of aliphatic carboxylic acids is 1. The highest BCUT2D eigenvalue weighted by Crippen LogP contribution is 2.10. The Kier molecular flexibility index (Phi) is 4.54. The van der Waals surface area contributed by atoms with E-state index in [-0.39, 0.29) is 0 Å². The highest BCUT2D eigenvalue weighted by Gasteiger charge is 1.84. The minimum Gasteiger partial charge on any atom is -0.481 e. The van der Waals surface area contributed by atoms with Gasteiger partial charge in [-0.3, -0.25) is 4.79 Å². The van der Waals surface area contributed by atoms with Crippen molar-refractivity contribution in [3.63, 3.8) is 0 Å². The minimum atomic E-state index is -0.833. The van der Waals surface area contributed by atoms with E-state index in [0.717, 1.165) is 6.92 Å². The van der Waals surface area contributed by atoms with Gasteiger partial charge in [0.25, 0.3) is 5.97 Å². The number of carbonyl (C=O) groups is 1. The van der Waals surface area contributed by atoms with Crippen molar-refractivity contribution in [1.29, 1.82) is 0 Å². The maximum absolute atomic E-state index is 9.00. The van der Waals surface area contributed by atoms with Gasteiger partial charge < -0.3 is 5.11 Å². The Bertz CT molecular complexity index is 207. The standard InChI is InChI=1S/C6H8S.C2H4O2/c1-5-3-6(2)7-4-5;1-2(3)4/h3-4H,1-2H3;1H3,(H,3,4). The van der Waals surface area contributed by atoms with Gasteiger partial charge in [-0.1, -0.05) is 0 Å². The van der Waals surface area contributed by atoms with E-state index < -0.39 is 5.97 Å². The first-order valence-corrected chi connectivity index (χ1v) is 4.11. The van der Waals surface area contributed by atoms with Crippen LogP contribution in [0.1, 0.15) is 17.4 Å². The van der Waals surface area contributed by atoms with Gasteiger partial charge in [0.05, 0.1) is 0 Å². The zero-order valence-electron chi connectivity index (χ0n) is 6.92. The third kappa shape index (κ3) is 7.06. The number of rotatable bonds is 0. The summed E-state index contributed by atoms with van der Waals surface area (Å²) in [5.74, 6) is -0.833. The van der Waals surface area contributed by atoms with Crippen molar-refractivity contribution < 1.29 is 9.90 Å². The molecule has 1 rings (SSSR count). The molecule has 1 N–H and O–H groups in total. The van der Waals surface area contributed by atoms with Crippen LogP contribution in [0.15, 0.2) is 11.4 Å². The molecule has 0 radical (unpaired) electrons. The summed E-state index contributed by atoms with van der Waals surface area (Å²) in [5.41, 5.74) is 1.38. The number of thiophene rings is 1. The van der Waals surface area contributed by atoms with Crippen LogP contribution in [0.3, 0.4) is 0 Å². The second-order valence-corrected chi connectivity index (χ2v) is 3.37. The van der Waals surface area contributed by atoms with Gasteiger partial charge in [-0.25, -0.2) is 0 Å². The van der Waals surface area contributed by atoms with E-state index in [4.69, 9.17) is 9.90 Å². The summed E-state index contributed by atoms with van der Waals surface area (Å²) < 4.78 is 0. The van der Waals surface area contributed by atoms with Gasteiger partial charge in [0.2, 0.25) is 0 Å². The fourth-order valence-corrected chi connectivity index (χ4v) is 1.27. The molecule has 1 aromatic heterocycles. The molecule has 0 atom stereocenters. The number of hydrogen-bond acceptors (Lipinski definition) is 2. The van der Waals surface area contributed by atoms with Crippen molar-refractivity contribution in [2.75, 3.05) is 0 Å². The van der Waals surface area contributed by atoms with Crippen LogP contribution >= 0.6 is 11.3 Å². The Morgan fingerprint density at radius 3 is 2.09 bits per heavy atom. The van der Waals surface area contributed by atoms with Crippen LogP contribution in [0, 0.1) is 13.8 Å². The van der Waals surface area contributed by atoms with Gasteiger partial charge in [-0.05, 0) is 30.9 Å². The van der Waals surface area contributed by atoms with Crippen molar-refractivity contribution in [3.8, 4) is 0 Å². The second-order valence-electron chi connectivity index (χ2n) is 2.25. The molecule has 0 aliphatic rings. The molecule has 0 saturated carbocycles. The number of carboxylic acid groups (broad SMARTS) is 1. The smallest absolute Gasteiger partial charge is 0.300 e. The molecule has 3 heteroatoms. The number of hydrogen-bond donors (Lipinski definition) is 1. The summed E-state index contributed by atoms with van der Waals surface area (Å²) in [7, 11) is 0. The Hall–Kier alpha value is -0.830. The van der Waals surface area contributed by atoms with Crippen molar-refractivity contribution in [2.45, 2.75) is 20.8 Å². The molecule has 11 heavy (non-hydrogen) atoms. The summed E-state index contributed by atoms with van der Waals surface area (Å²) in [4.78, 5) is 10.4. The molecule has 0 aromatic carbocycles. The molecule has 0 fully saturated rings. The van der Waals surface area contributed by atoms with E-state index in [1.54, 1.807) is 11.3 Å². The van der Waals surface area contributed by atoms with Crippen LogP contribution in [0.25, 0.3) is 0 Å². The highest BCUT2D eigenvalue weighted by atomic mass is 32.1. The molecule has 0 unspecified atom stereocenters. The molecule has 0 amide bonds. The average Bonchev–Trinajstić information content (AvgIpc) is 2.13. The molecule has 0 spiro atoms. The van der Waals surface area contributed by atoms with Gasteiger partial charge in [0.1, 0.15) is 0 Å². The molecule has 0 bridgehead atoms. The molecular weight excluding hydrogens is 160 g/mol. The Balaban J connectivity index is 0.000000218. The third-order valence-electron chi connectivity index (χ3n) is 0.862. The van der Waals surface area contributed by atoms with Crippen molar-refractivity contribution in [2.24, 2.45) is 0 Å². The van der Waals surface area contributed by atoms with Gasteiger partial charge in [0, 0.05) is 11.8 Å². The first-order valence-electron chi connectivity index (χ1n) is 3.23. The predicted molar refractivity (Wildman–Crippen MR) is 47.1 cm³/mol. The zero-order valence-corrected chi connectivity index (χ0v) is 7.73. The lowest BCUT2D eigenvalue weighted by atomic mass is 10.4. The largest absolute Gasteiger partial charge is 0.481 e. The summed E-state index contributed by atoms with van der Waals surface area (Å²) in [6.07, 6.45) is 0. The van der Waals surface area contributed by atoms with Crippen LogP contribution < -0.4 is 0 Å². The quantitative estimate of drug-likeness (QED) is 0.652. The number of aryl methyl sites for hydroxylation is 2. The molecule has 62 valence electrons. The van der Waals surface area contributed by atoms with Crippen molar-refractivity contribution in [3.05, 3.63) is 21.9 Å². The molecule has 1 heterocycles. The third-order valence-corrected chi connectivity index (χ3v) is 1.84. The SMILES string of the molecule is CC(=O)O.Cc1csc(C)c1. The Labute approximate surface area is 70.5 Å². The van der Waals surface area contributed by atoms with Crippen LogP contribution in [-0.2, 0) is 4.79 Å². The van der Waals surface area contributed by atoms with E-state index in [9.17, 15) is 0 Å². The summed E-state index contributed by atoms with van der Waals surface area (Å²) in [6.45, 7) is 5.32. The number of carboxylic acids is 1. The van der Waals surface area contributed by atoms with Crippen LogP contribution in [0.4, 0.5) is 0 Å². The van der Waals surface area contributed by atoms with Gasteiger partial charge in [-0.15, -0.1) is 11.3 Å². The van der Waals surface area contributed by atoms with E-state index in [2.05, 4.69) is 25.3 Å². The average molecular weight is 172 g/mol. The van der Waals surface area contributed by atoms with Crippen LogP contribution in [-0.4, -0.2) is 11.1 Å². The molecule has 1 aromatic rings. The molecular formula is C8H12O2S. The highest BCUT2D eigenvalue weighted by molar-refractivity contribution is 7.10. The summed E-state index contributed by atoms with van der Waals surface area (Å²) in [5, 5.41) is 9.58. The van der Waals surface area contributed by atoms with Gasteiger partial charge in [-0.2, -0.15) is 0 Å². The first kappa shape index (κ1) is 10.2. The van der Waals surface area contributed by atoms with Gasteiger partial charge in [0.15, 0.2) is 0 Å². The fourth-order valence-electron chi connectivity index (χ4n) is 0.575. The summed E-state index contributed by atoms with van der Waals surface area (Å²) >= 11 is 1.80. The first-order chi connectivity index (χ1) is 5.02. The summed E-state index contributed by atoms with van der Waals surface area (Å²) in [6, 6.07) is 2.19. The predicted octanol–water partition coefficient (Wildman–Crippen LogP) is 2.46. The second kappa shape index (κ2) is 4.91. The van der Waals surface area contributed by atoms with Crippen molar-refractivity contribution in [1.82, 2.24) is 0 Å². The fraction of sp³-hybridized carbons (Fsp3) is 0.375. The van der Waals surface area contributed by atoms with E-state index in [1.807, 2.05) is 0 Å². The minimum absolute atomic E-state index is 0.833. The van der Waals surface area contributed by atoms with Crippen LogP contribution in [0.5, 0.6) is 0 Å². The monoisotopic (exact) mass is 172 g/mol. The van der Waals surface area contributed by atoms with E-state index in [1.165, 1.54) is 10.4 Å². The zero-order chi connectivity index (χ0) is 8.85. The maximum atomic E-state index is 9.00. The molecule has 0 saturated heterocycles. The topological polar surface area (TPSA) is 37.3 Å². The Morgan fingerprint density at radius 1 is 1.55 bits per heavy atom. The normalized spacial score (nSPS) is 8.27. The van der Waals surface area contributed by atoms with Crippen molar-refractivity contribution >= 4 is 17.3 Å². The lowest BCUT2D eigenvalue weighted by Gasteiger charge is -1.70. The van der Waals surface area contributed by atoms with E-state index >= 15 is 0 Å². The lowest BCUT2D eigenvalue weighted by molar-refractivity contribution is -0.134. The van der Waals surface area contributed by atoms with Crippen LogP contribution in [0.2, 0.25) is 0 Å². The maximum Gasteiger partial charge on any atom is 0.300 e. The molecule has 2 nitrogen and oxygen atoms in total.